The van der Waals surface area contributed by atoms with Crippen LogP contribution in [-0.4, -0.2) is 30.5 Å². The topological polar surface area (TPSA) is 145 Å². The van der Waals surface area contributed by atoms with Crippen molar-refractivity contribution in [1.29, 1.82) is 5.26 Å². The molecule has 0 saturated carbocycles. The highest BCUT2D eigenvalue weighted by atomic mass is 19.1. The van der Waals surface area contributed by atoms with Crippen molar-refractivity contribution >= 4 is 28.3 Å². The van der Waals surface area contributed by atoms with E-state index in [0.29, 0.717) is 33.7 Å². The molecule has 10 nitrogen and oxygen atoms in total. The monoisotopic (exact) mass is 536 g/mol. The lowest BCUT2D eigenvalue weighted by Crippen LogP contribution is -2.23. The predicted molar refractivity (Wildman–Crippen MR) is 149 cm³/mol. The van der Waals surface area contributed by atoms with E-state index in [4.69, 9.17) is 11.0 Å². The van der Waals surface area contributed by atoms with Gasteiger partial charge in [-0.1, -0.05) is 26.8 Å². The molecule has 0 saturated heterocycles. The first-order valence-electron chi connectivity index (χ1n) is 12.3. The van der Waals surface area contributed by atoms with Crippen molar-refractivity contribution in [3.05, 3.63) is 99.5 Å². The zero-order chi connectivity index (χ0) is 28.8. The molecule has 200 valence electrons. The summed E-state index contributed by atoms with van der Waals surface area (Å²) >= 11 is 0. The second kappa shape index (κ2) is 9.74. The van der Waals surface area contributed by atoms with E-state index < -0.39 is 17.3 Å². The summed E-state index contributed by atoms with van der Waals surface area (Å²) in [4.78, 5) is 29.8. The van der Waals surface area contributed by atoms with Crippen molar-refractivity contribution < 1.29 is 9.18 Å². The summed E-state index contributed by atoms with van der Waals surface area (Å²) in [5.41, 5.74) is 7.52. The van der Waals surface area contributed by atoms with Gasteiger partial charge in [0.15, 0.2) is 5.82 Å². The fourth-order valence-corrected chi connectivity index (χ4v) is 4.35. The predicted octanol–water partition coefficient (Wildman–Crippen LogP) is 4.43. The number of pyridine rings is 1. The fraction of sp³-hybridized carbons (Fsp3) is 0.172. The Morgan fingerprint density at radius 3 is 2.52 bits per heavy atom. The highest BCUT2D eigenvalue weighted by Crippen LogP contribution is 2.28. The van der Waals surface area contributed by atoms with Gasteiger partial charge in [0.25, 0.3) is 11.5 Å². The van der Waals surface area contributed by atoms with Crippen molar-refractivity contribution in [2.45, 2.75) is 33.1 Å². The van der Waals surface area contributed by atoms with E-state index in [1.165, 1.54) is 29.3 Å². The van der Waals surface area contributed by atoms with Crippen molar-refractivity contribution in [2.75, 3.05) is 5.32 Å². The molecule has 0 fully saturated rings. The van der Waals surface area contributed by atoms with Gasteiger partial charge in [0.1, 0.15) is 23.3 Å². The number of nitrogens with zero attached hydrogens (tertiary/aromatic N) is 6. The van der Waals surface area contributed by atoms with E-state index in [2.05, 4.69) is 20.5 Å². The second-order valence-electron chi connectivity index (χ2n) is 10.3. The molecule has 5 rings (SSSR count). The minimum absolute atomic E-state index is 0.0516. The fourth-order valence-electron chi connectivity index (χ4n) is 4.35. The molecular formula is C29H25FN8O2. The summed E-state index contributed by atoms with van der Waals surface area (Å²) < 4.78 is 17.8. The number of carbonyl (C=O) groups excluding carboxylic acids is 1. The van der Waals surface area contributed by atoms with Crippen LogP contribution in [0.25, 0.3) is 22.1 Å². The number of benzene rings is 2. The molecule has 0 aliphatic rings. The van der Waals surface area contributed by atoms with Gasteiger partial charge in [-0.25, -0.2) is 14.1 Å². The first-order chi connectivity index (χ1) is 19.0. The molecule has 11 heteroatoms. The zero-order valence-electron chi connectivity index (χ0n) is 22.2. The molecule has 0 bridgehead atoms. The maximum atomic E-state index is 15.2. The van der Waals surface area contributed by atoms with Gasteiger partial charge in [0.05, 0.1) is 28.5 Å². The third-order valence-corrected chi connectivity index (χ3v) is 6.58. The van der Waals surface area contributed by atoms with Crippen LogP contribution in [0.1, 0.15) is 47.8 Å². The number of carbonyl (C=O) groups is 1. The molecule has 0 aliphatic heterocycles. The van der Waals surface area contributed by atoms with Crippen LogP contribution in [0.5, 0.6) is 0 Å². The summed E-state index contributed by atoms with van der Waals surface area (Å²) in [5.74, 6) is -0.801. The van der Waals surface area contributed by atoms with Gasteiger partial charge in [-0.3, -0.25) is 9.59 Å². The molecule has 5 aromatic rings. The molecule has 0 unspecified atom stereocenters. The number of primary amides is 1. The summed E-state index contributed by atoms with van der Waals surface area (Å²) in [6.45, 7) is 7.68. The van der Waals surface area contributed by atoms with Crippen LogP contribution in [0, 0.1) is 24.1 Å². The molecule has 3 aromatic heterocycles. The first kappa shape index (κ1) is 26.2. The standard InChI is InChI=1S/C29H25FN8O2/c1-16-22(37-15-20(26(32)39)27(36-37)35-24-9-8-17(12-31)13-33-24)6-5-7-23(16)38-28(40)25-18(14-34-38)10-19(11-21(25)30)29(2,3)4/h5-11,13-15H,1-4H3,(H2,32,39)(H,33,35,36). The molecule has 40 heavy (non-hydrogen) atoms. The number of hydrogen-bond donors (Lipinski definition) is 2. The van der Waals surface area contributed by atoms with Crippen LogP contribution in [0.4, 0.5) is 16.0 Å². The minimum Gasteiger partial charge on any atom is -0.365 e. The number of anilines is 2. The Bertz CT molecular complexity index is 1890. The Balaban J connectivity index is 1.59. The Kier molecular flexibility index (Phi) is 6.39. The normalized spacial score (nSPS) is 11.4. The van der Waals surface area contributed by atoms with Crippen LogP contribution in [0.3, 0.4) is 0 Å². The van der Waals surface area contributed by atoms with Gasteiger partial charge in [-0.2, -0.15) is 15.0 Å². The summed E-state index contributed by atoms with van der Waals surface area (Å²) in [6, 6.07) is 13.5. The molecule has 0 spiro atoms. The highest BCUT2D eigenvalue weighted by molar-refractivity contribution is 5.98. The van der Waals surface area contributed by atoms with Gasteiger partial charge >= 0.3 is 0 Å². The van der Waals surface area contributed by atoms with Crippen LogP contribution in [0.15, 0.2) is 65.8 Å². The van der Waals surface area contributed by atoms with E-state index >= 15 is 4.39 Å². The van der Waals surface area contributed by atoms with Crippen LogP contribution in [-0.2, 0) is 5.41 Å². The summed E-state index contributed by atoms with van der Waals surface area (Å²) in [6.07, 6.45) is 4.33. The minimum atomic E-state index is -0.714. The van der Waals surface area contributed by atoms with Crippen molar-refractivity contribution in [3.8, 4) is 17.4 Å². The van der Waals surface area contributed by atoms with E-state index in [1.807, 2.05) is 26.8 Å². The van der Waals surface area contributed by atoms with Gasteiger partial charge in [0.2, 0.25) is 0 Å². The molecule has 0 radical (unpaired) electrons. The number of nitriles is 1. The number of nitrogens with one attached hydrogen (secondary N) is 1. The zero-order valence-corrected chi connectivity index (χ0v) is 22.2. The molecule has 3 N–H and O–H groups in total. The Labute approximate surface area is 228 Å². The quantitative estimate of drug-likeness (QED) is 0.338. The van der Waals surface area contributed by atoms with Gasteiger partial charge < -0.3 is 11.1 Å². The average Bonchev–Trinajstić information content (AvgIpc) is 3.33. The second-order valence-corrected chi connectivity index (χ2v) is 10.3. The summed E-state index contributed by atoms with van der Waals surface area (Å²) in [7, 11) is 0. The number of fused-ring (bicyclic) bond motifs is 1. The molecular weight excluding hydrogens is 511 g/mol. The van der Waals surface area contributed by atoms with Gasteiger partial charge in [0, 0.05) is 23.3 Å². The number of hydrogen-bond acceptors (Lipinski definition) is 7. The Morgan fingerprint density at radius 1 is 1.12 bits per heavy atom. The lowest BCUT2D eigenvalue weighted by Gasteiger charge is -2.20. The van der Waals surface area contributed by atoms with E-state index in [-0.39, 0.29) is 22.2 Å². The van der Waals surface area contributed by atoms with Crippen LogP contribution in [0.2, 0.25) is 0 Å². The van der Waals surface area contributed by atoms with Crippen molar-refractivity contribution in [3.63, 3.8) is 0 Å². The van der Waals surface area contributed by atoms with E-state index in [9.17, 15) is 9.59 Å². The largest absolute Gasteiger partial charge is 0.365 e. The van der Waals surface area contributed by atoms with E-state index in [0.717, 1.165) is 10.2 Å². The third kappa shape index (κ3) is 4.67. The molecule has 0 aliphatic carbocycles. The first-order valence-corrected chi connectivity index (χ1v) is 12.3. The number of nitrogens with two attached hydrogens (primary N) is 1. The van der Waals surface area contributed by atoms with Crippen LogP contribution >= 0.6 is 0 Å². The van der Waals surface area contributed by atoms with Crippen molar-refractivity contribution in [2.24, 2.45) is 5.73 Å². The van der Waals surface area contributed by atoms with E-state index in [1.54, 1.807) is 43.3 Å². The lowest BCUT2D eigenvalue weighted by atomic mass is 9.86. The van der Waals surface area contributed by atoms with Gasteiger partial charge in [-0.05, 0) is 54.3 Å². The lowest BCUT2D eigenvalue weighted by molar-refractivity contribution is 0.100. The molecule has 3 heterocycles. The van der Waals surface area contributed by atoms with Crippen molar-refractivity contribution in [1.82, 2.24) is 24.5 Å². The van der Waals surface area contributed by atoms with Crippen LogP contribution < -0.4 is 16.6 Å². The number of aromatic nitrogens is 5. The summed E-state index contributed by atoms with van der Waals surface area (Å²) in [5, 5.41) is 21.1. The Morgan fingerprint density at radius 2 is 1.88 bits per heavy atom. The third-order valence-electron chi connectivity index (χ3n) is 6.58. The van der Waals surface area contributed by atoms with Gasteiger partial charge in [-0.15, -0.1) is 5.10 Å². The number of halogens is 1. The number of amides is 1. The molecule has 2 aromatic carbocycles. The maximum Gasteiger partial charge on any atom is 0.282 e. The molecule has 0 atom stereocenters. The smallest absolute Gasteiger partial charge is 0.282 e. The number of rotatable bonds is 5. The SMILES string of the molecule is Cc1c(-n2cc(C(N)=O)c(Nc3ccc(C#N)cn3)n2)cccc1-n1ncc2cc(C(C)(C)C)cc(F)c2c1=O. The molecule has 1 amide bonds. The highest BCUT2D eigenvalue weighted by Gasteiger charge is 2.21. The Hall–Kier alpha value is -5.37. The maximum absolute atomic E-state index is 15.2. The average molecular weight is 537 g/mol.